The molecule has 0 unspecified atom stereocenters. The molecular formula is C16H19N3O5. The molecule has 0 amide bonds. The van der Waals surface area contributed by atoms with Crippen LogP contribution < -0.4 is 19.5 Å². The van der Waals surface area contributed by atoms with Crippen LogP contribution in [-0.4, -0.2) is 48.4 Å². The number of hydrogen-bond acceptors (Lipinski definition) is 6. The van der Waals surface area contributed by atoms with Gasteiger partial charge in [0, 0.05) is 12.1 Å². The third kappa shape index (κ3) is 2.65. The van der Waals surface area contributed by atoms with E-state index in [1.54, 1.807) is 18.5 Å². The maximum atomic E-state index is 11.4. The Morgan fingerprint density at radius 3 is 2.42 bits per heavy atom. The van der Waals surface area contributed by atoms with E-state index in [0.29, 0.717) is 23.7 Å². The Labute approximate surface area is 138 Å². The highest BCUT2D eigenvalue weighted by atomic mass is 16.5. The molecule has 0 radical (unpaired) electrons. The number of H-pyrrole nitrogens is 1. The van der Waals surface area contributed by atoms with Crippen LogP contribution in [0.4, 0.5) is 0 Å². The fourth-order valence-electron chi connectivity index (χ4n) is 2.97. The van der Waals surface area contributed by atoms with Crippen molar-refractivity contribution in [2.75, 3.05) is 21.3 Å². The number of nitrogens with one attached hydrogen (secondary N) is 2. The predicted molar refractivity (Wildman–Crippen MR) is 84.8 cm³/mol. The van der Waals surface area contributed by atoms with Crippen LogP contribution in [-0.2, 0) is 11.2 Å². The van der Waals surface area contributed by atoms with Gasteiger partial charge in [-0.2, -0.15) is 0 Å². The number of rotatable bonds is 5. The molecule has 0 saturated heterocycles. The number of imidazole rings is 1. The summed E-state index contributed by atoms with van der Waals surface area (Å²) >= 11 is 0. The van der Waals surface area contributed by atoms with E-state index in [2.05, 4.69) is 15.3 Å². The van der Waals surface area contributed by atoms with Crippen molar-refractivity contribution in [3.8, 4) is 17.2 Å². The molecule has 0 spiro atoms. The summed E-state index contributed by atoms with van der Waals surface area (Å²) in [6, 6.07) is 2.49. The Morgan fingerprint density at radius 2 is 1.88 bits per heavy atom. The molecule has 1 aromatic carbocycles. The standard InChI is InChI=1S/C16H19N3O5/c1-22-11-4-8(5-12(23-2)15(11)24-3)13-14-9(17-7-18-14)6-10(19-13)16(20)21/h4-5,7,10,13,19H,6H2,1-3H3,(H,17,18)(H,20,21)/t10-,13+/m0/s1. The average Bonchev–Trinajstić information content (AvgIpc) is 3.07. The number of aliphatic carboxylic acids is 1. The van der Waals surface area contributed by atoms with E-state index >= 15 is 0 Å². The Hall–Kier alpha value is -2.74. The number of carboxylic acid groups (broad SMARTS) is 1. The van der Waals surface area contributed by atoms with Crippen LogP contribution in [0, 0.1) is 0 Å². The van der Waals surface area contributed by atoms with E-state index in [1.165, 1.54) is 21.3 Å². The largest absolute Gasteiger partial charge is 0.493 e. The van der Waals surface area contributed by atoms with Gasteiger partial charge in [0.05, 0.1) is 39.4 Å². The molecular weight excluding hydrogens is 314 g/mol. The summed E-state index contributed by atoms with van der Waals surface area (Å²) in [5, 5.41) is 12.5. The minimum Gasteiger partial charge on any atom is -0.493 e. The van der Waals surface area contributed by atoms with Gasteiger partial charge in [-0.05, 0) is 17.7 Å². The Balaban J connectivity index is 2.09. The molecule has 0 bridgehead atoms. The summed E-state index contributed by atoms with van der Waals surface area (Å²) in [6.45, 7) is 0. The third-order valence-corrected chi connectivity index (χ3v) is 4.12. The zero-order valence-corrected chi connectivity index (χ0v) is 13.6. The number of ether oxygens (including phenoxy) is 3. The van der Waals surface area contributed by atoms with Crippen molar-refractivity contribution >= 4 is 5.97 Å². The van der Waals surface area contributed by atoms with Gasteiger partial charge in [0.25, 0.3) is 0 Å². The van der Waals surface area contributed by atoms with Crippen LogP contribution >= 0.6 is 0 Å². The molecule has 3 N–H and O–H groups in total. The number of fused-ring (bicyclic) bond motifs is 1. The minimum atomic E-state index is -0.910. The van der Waals surface area contributed by atoms with E-state index < -0.39 is 18.1 Å². The number of hydrogen-bond donors (Lipinski definition) is 3. The topological polar surface area (TPSA) is 106 Å². The zero-order chi connectivity index (χ0) is 17.3. The number of aromatic amines is 1. The summed E-state index contributed by atoms with van der Waals surface area (Å²) in [4.78, 5) is 18.8. The molecule has 3 rings (SSSR count). The maximum Gasteiger partial charge on any atom is 0.321 e. The summed E-state index contributed by atoms with van der Waals surface area (Å²) in [6.07, 6.45) is 1.92. The summed E-state index contributed by atoms with van der Waals surface area (Å²) in [7, 11) is 4.61. The zero-order valence-electron chi connectivity index (χ0n) is 13.6. The van der Waals surface area contributed by atoms with E-state index in [-0.39, 0.29) is 0 Å². The van der Waals surface area contributed by atoms with Crippen molar-refractivity contribution in [1.29, 1.82) is 0 Å². The van der Waals surface area contributed by atoms with Crippen molar-refractivity contribution in [3.63, 3.8) is 0 Å². The molecule has 2 aromatic rings. The normalized spacial score (nSPS) is 19.5. The predicted octanol–water partition coefficient (Wildman–Crippen LogP) is 1.12. The second-order valence-electron chi connectivity index (χ2n) is 5.42. The smallest absolute Gasteiger partial charge is 0.321 e. The maximum absolute atomic E-state index is 11.4. The first-order valence-electron chi connectivity index (χ1n) is 7.40. The number of nitrogens with zero attached hydrogens (tertiary/aromatic N) is 1. The fourth-order valence-corrected chi connectivity index (χ4v) is 2.97. The summed E-state index contributed by atoms with van der Waals surface area (Å²) < 4.78 is 16.1. The lowest BCUT2D eigenvalue weighted by atomic mass is 9.93. The van der Waals surface area contributed by atoms with Crippen LogP contribution in [0.2, 0.25) is 0 Å². The van der Waals surface area contributed by atoms with E-state index in [9.17, 15) is 9.90 Å². The molecule has 1 aliphatic heterocycles. The van der Waals surface area contributed by atoms with Crippen LogP contribution in [0.3, 0.4) is 0 Å². The molecule has 0 fully saturated rings. The van der Waals surface area contributed by atoms with Gasteiger partial charge in [0.15, 0.2) is 11.5 Å². The molecule has 8 heteroatoms. The average molecular weight is 333 g/mol. The Bertz CT molecular complexity index is 733. The molecule has 24 heavy (non-hydrogen) atoms. The van der Waals surface area contributed by atoms with Gasteiger partial charge in [0.2, 0.25) is 5.75 Å². The number of carboxylic acids is 1. The highest BCUT2D eigenvalue weighted by Crippen LogP contribution is 2.41. The number of carbonyl (C=O) groups is 1. The third-order valence-electron chi connectivity index (χ3n) is 4.12. The van der Waals surface area contributed by atoms with E-state index in [0.717, 1.165) is 17.0 Å². The van der Waals surface area contributed by atoms with E-state index in [4.69, 9.17) is 14.2 Å². The number of methoxy groups -OCH3 is 3. The quantitative estimate of drug-likeness (QED) is 0.753. The lowest BCUT2D eigenvalue weighted by Crippen LogP contribution is -2.45. The van der Waals surface area contributed by atoms with Gasteiger partial charge in [-0.15, -0.1) is 0 Å². The van der Waals surface area contributed by atoms with Gasteiger partial charge in [-0.1, -0.05) is 0 Å². The second-order valence-corrected chi connectivity index (χ2v) is 5.42. The Kier molecular flexibility index (Phi) is 4.30. The molecule has 2 heterocycles. The first-order valence-corrected chi connectivity index (χ1v) is 7.40. The fraction of sp³-hybridized carbons (Fsp3) is 0.375. The first-order chi connectivity index (χ1) is 11.6. The van der Waals surface area contributed by atoms with Gasteiger partial charge < -0.3 is 24.3 Å². The van der Waals surface area contributed by atoms with Gasteiger partial charge >= 0.3 is 5.97 Å². The molecule has 1 aliphatic rings. The second kappa shape index (κ2) is 6.40. The SMILES string of the molecule is COc1cc([C@H]2N[C@H](C(=O)O)Cc3[nH]cnc32)cc(OC)c1OC. The molecule has 128 valence electrons. The number of aromatic nitrogens is 2. The lowest BCUT2D eigenvalue weighted by molar-refractivity contribution is -0.139. The minimum absolute atomic E-state index is 0.353. The lowest BCUT2D eigenvalue weighted by Gasteiger charge is -2.29. The van der Waals surface area contributed by atoms with Crippen LogP contribution in [0.25, 0.3) is 0 Å². The van der Waals surface area contributed by atoms with Crippen LogP contribution in [0.15, 0.2) is 18.5 Å². The van der Waals surface area contributed by atoms with Crippen molar-refractivity contribution in [2.24, 2.45) is 0 Å². The molecule has 2 atom stereocenters. The number of benzene rings is 1. The van der Waals surface area contributed by atoms with Crippen molar-refractivity contribution in [2.45, 2.75) is 18.5 Å². The summed E-state index contributed by atoms with van der Waals surface area (Å²) in [5.74, 6) is 0.579. The van der Waals surface area contributed by atoms with Gasteiger partial charge in [0.1, 0.15) is 6.04 Å². The molecule has 0 aliphatic carbocycles. The van der Waals surface area contributed by atoms with Gasteiger partial charge in [-0.3, -0.25) is 10.1 Å². The van der Waals surface area contributed by atoms with Crippen molar-refractivity contribution in [1.82, 2.24) is 15.3 Å². The highest BCUT2D eigenvalue weighted by molar-refractivity contribution is 5.74. The molecule has 8 nitrogen and oxygen atoms in total. The van der Waals surface area contributed by atoms with Gasteiger partial charge in [-0.25, -0.2) is 4.98 Å². The van der Waals surface area contributed by atoms with Crippen molar-refractivity contribution < 1.29 is 24.1 Å². The molecule has 1 aromatic heterocycles. The highest BCUT2D eigenvalue weighted by Gasteiger charge is 2.34. The van der Waals surface area contributed by atoms with Crippen LogP contribution in [0.1, 0.15) is 23.0 Å². The summed E-state index contributed by atoms with van der Waals surface area (Å²) in [5.41, 5.74) is 2.35. The Morgan fingerprint density at radius 1 is 1.21 bits per heavy atom. The van der Waals surface area contributed by atoms with Crippen LogP contribution in [0.5, 0.6) is 17.2 Å². The van der Waals surface area contributed by atoms with Crippen molar-refractivity contribution in [3.05, 3.63) is 35.4 Å². The molecule has 0 saturated carbocycles. The monoisotopic (exact) mass is 333 g/mol. The van der Waals surface area contributed by atoms with E-state index in [1.807, 2.05) is 0 Å². The first kappa shape index (κ1) is 16.1.